The van der Waals surface area contributed by atoms with Crippen LogP contribution in [-0.4, -0.2) is 77.9 Å². The summed E-state index contributed by atoms with van der Waals surface area (Å²) in [6.45, 7) is 4.83. The lowest BCUT2D eigenvalue weighted by Crippen LogP contribution is -2.48. The second kappa shape index (κ2) is 16.5. The van der Waals surface area contributed by atoms with Crippen LogP contribution < -0.4 is 16.2 Å². The molecule has 228 valence electrons. The Hall–Kier alpha value is -4.07. The Kier molecular flexibility index (Phi) is 12.9. The zero-order valence-corrected chi connectivity index (χ0v) is 24.2. The van der Waals surface area contributed by atoms with Crippen LogP contribution in [0.3, 0.4) is 0 Å². The van der Waals surface area contributed by atoms with E-state index in [4.69, 9.17) is 27.8 Å². The summed E-state index contributed by atoms with van der Waals surface area (Å²) in [6, 6.07) is 23.0. The zero-order chi connectivity index (χ0) is 29.9. The minimum atomic E-state index is -0.905. The quantitative estimate of drug-likeness (QED) is 0.125. The molecule has 0 spiro atoms. The molecule has 1 aliphatic rings. The number of carbonyl (C=O) groups excluding carboxylic acids is 2. The Morgan fingerprint density at radius 3 is 2.30 bits per heavy atom. The summed E-state index contributed by atoms with van der Waals surface area (Å²) in [5, 5.41) is 10.5. The Morgan fingerprint density at radius 1 is 0.977 bits per heavy atom. The van der Waals surface area contributed by atoms with Gasteiger partial charge >= 0.3 is 6.03 Å². The van der Waals surface area contributed by atoms with E-state index in [-0.39, 0.29) is 25.6 Å². The van der Waals surface area contributed by atoms with E-state index in [0.29, 0.717) is 35.8 Å². The topological polar surface area (TPSA) is 125 Å². The molecule has 1 atom stereocenters. The highest BCUT2D eigenvalue weighted by Gasteiger charge is 2.26. The van der Waals surface area contributed by atoms with Gasteiger partial charge in [-0.25, -0.2) is 9.86 Å². The minimum absolute atomic E-state index is 0. The maximum atomic E-state index is 12.1. The molecule has 0 aliphatic carbocycles. The first-order chi connectivity index (χ1) is 20.3. The summed E-state index contributed by atoms with van der Waals surface area (Å²) in [6.07, 6.45) is 0.895. The fourth-order valence-corrected chi connectivity index (χ4v) is 5.07. The fraction of sp³-hybridized carbons (Fsp3) is 0.333. The van der Waals surface area contributed by atoms with Crippen molar-refractivity contribution in [2.75, 3.05) is 45.9 Å². The molecule has 0 bridgehead atoms. The van der Waals surface area contributed by atoms with Crippen LogP contribution in [0, 0.1) is 11.8 Å². The van der Waals surface area contributed by atoms with E-state index in [1.54, 1.807) is 18.2 Å². The second-order valence-corrected chi connectivity index (χ2v) is 10.5. The molecule has 1 saturated heterocycles. The molecular formula is C33H40ClN5O4. The summed E-state index contributed by atoms with van der Waals surface area (Å²) in [4.78, 5) is 27.8. The number of rotatable bonds is 11. The van der Waals surface area contributed by atoms with Crippen LogP contribution in [0.25, 0.3) is 0 Å². The number of unbranched alkanes of at least 4 members (excludes halogenated alkanes) is 1. The van der Waals surface area contributed by atoms with E-state index in [1.165, 1.54) is 11.1 Å². The number of hydrogen-bond donors (Lipinski definition) is 3. The number of halogens is 1. The molecule has 3 amide bonds. The molecule has 4 rings (SSSR count). The molecule has 3 aromatic carbocycles. The number of hydroxylamine groups is 2. The van der Waals surface area contributed by atoms with Crippen LogP contribution in [0.1, 0.15) is 53.4 Å². The number of nitrogens with zero attached hydrogens (tertiary/aromatic N) is 3. The molecule has 0 aromatic heterocycles. The number of carbonyl (C=O) groups is 2. The number of piperazine rings is 1. The largest absolute Gasteiger partial charge is 0.491 e. The first-order valence-electron chi connectivity index (χ1n) is 13.9. The lowest BCUT2D eigenvalue weighted by Gasteiger charge is -2.39. The number of urea groups is 1. The van der Waals surface area contributed by atoms with Crippen LogP contribution in [-0.2, 0) is 0 Å². The van der Waals surface area contributed by atoms with Crippen LogP contribution >= 0.6 is 11.6 Å². The highest BCUT2D eigenvalue weighted by Crippen LogP contribution is 2.30. The molecule has 43 heavy (non-hydrogen) atoms. The predicted molar refractivity (Wildman–Crippen MR) is 169 cm³/mol. The Balaban J connectivity index is 0.00000506. The van der Waals surface area contributed by atoms with E-state index in [1.807, 2.05) is 18.2 Å². The molecule has 1 fully saturated rings. The van der Waals surface area contributed by atoms with Gasteiger partial charge in [0.25, 0.3) is 5.91 Å². The van der Waals surface area contributed by atoms with Gasteiger partial charge < -0.3 is 16.2 Å². The van der Waals surface area contributed by atoms with Gasteiger partial charge in [0.2, 0.25) is 0 Å². The van der Waals surface area contributed by atoms with E-state index in [2.05, 4.69) is 58.0 Å². The lowest BCUT2D eigenvalue weighted by atomic mass is 9.96. The van der Waals surface area contributed by atoms with Gasteiger partial charge in [0.15, 0.2) is 0 Å². The Bertz CT molecular complexity index is 1400. The maximum absolute atomic E-state index is 12.1. The summed E-state index contributed by atoms with van der Waals surface area (Å²) in [7, 11) is 0. The number of nitrogens with two attached hydrogens (primary N) is 2. The molecule has 5 N–H and O–H groups in total. The molecule has 0 unspecified atom stereocenters. The van der Waals surface area contributed by atoms with Crippen molar-refractivity contribution in [3.05, 3.63) is 100 Å². The Labute approximate surface area is 258 Å². The Morgan fingerprint density at radius 2 is 1.65 bits per heavy atom. The summed E-state index contributed by atoms with van der Waals surface area (Å²) >= 11 is 6.16. The van der Waals surface area contributed by atoms with E-state index in [9.17, 15) is 14.8 Å². The van der Waals surface area contributed by atoms with E-state index >= 15 is 0 Å². The monoisotopic (exact) mass is 605 g/mol. The van der Waals surface area contributed by atoms with E-state index < -0.39 is 11.9 Å². The highest BCUT2D eigenvalue weighted by molar-refractivity contribution is 6.30. The average molecular weight is 606 g/mol. The first-order valence-corrected chi connectivity index (χ1v) is 14.3. The minimum Gasteiger partial charge on any atom is -0.491 e. The highest BCUT2D eigenvalue weighted by atomic mass is 35.5. The van der Waals surface area contributed by atoms with Crippen molar-refractivity contribution in [1.82, 2.24) is 14.9 Å². The standard InChI is InChI=1S/C32H36ClN5O4.CH4/c33-27-13-11-26(12-14-27)30(25-8-4-1-5-9-25)37-19-17-36(18-20-37)21-22-42-29-15-10-24(23-28(29)31(34)39)7-3-2-6-16-38(41)32(35)40;/h1,4-5,8-15,23,30,41H,2,6,16-22H2,(H2,34,39)(H2,35,40);1H4/t30-;/m1./s1. The molecule has 3 aromatic rings. The third-order valence-corrected chi connectivity index (χ3v) is 7.39. The SMILES string of the molecule is C.NC(=O)c1cc(C#CCCCN(O)C(N)=O)ccc1OCCN1CCN([C@H](c2ccccc2)c2ccc(Cl)cc2)CC1. The molecule has 10 heteroatoms. The smallest absolute Gasteiger partial charge is 0.338 e. The molecule has 9 nitrogen and oxygen atoms in total. The zero-order valence-electron chi connectivity index (χ0n) is 23.4. The summed E-state index contributed by atoms with van der Waals surface area (Å²) in [5.74, 6) is 5.76. The third-order valence-electron chi connectivity index (χ3n) is 7.14. The normalized spacial score (nSPS) is 14.1. The van der Waals surface area contributed by atoms with Gasteiger partial charge in [0.05, 0.1) is 18.2 Å². The van der Waals surface area contributed by atoms with Crippen molar-refractivity contribution in [1.29, 1.82) is 0 Å². The van der Waals surface area contributed by atoms with E-state index in [0.717, 1.165) is 37.7 Å². The average Bonchev–Trinajstić information content (AvgIpc) is 2.99. The van der Waals surface area contributed by atoms with Gasteiger partial charge in [0, 0.05) is 49.7 Å². The van der Waals surface area contributed by atoms with Gasteiger partial charge in [-0.3, -0.25) is 19.8 Å². The van der Waals surface area contributed by atoms with Crippen molar-refractivity contribution in [2.45, 2.75) is 26.3 Å². The number of ether oxygens (including phenoxy) is 1. The van der Waals surface area contributed by atoms with Crippen molar-refractivity contribution in [2.24, 2.45) is 11.5 Å². The van der Waals surface area contributed by atoms with Crippen LogP contribution in [0.2, 0.25) is 5.02 Å². The maximum Gasteiger partial charge on any atom is 0.338 e. The van der Waals surface area contributed by atoms with Gasteiger partial charge in [-0.15, -0.1) is 0 Å². The van der Waals surface area contributed by atoms with Gasteiger partial charge in [-0.05, 0) is 47.9 Å². The lowest BCUT2D eigenvalue weighted by molar-refractivity contribution is -0.0396. The number of primary amides is 2. The van der Waals surface area contributed by atoms with Crippen molar-refractivity contribution in [3.8, 4) is 17.6 Å². The van der Waals surface area contributed by atoms with Gasteiger partial charge in [0.1, 0.15) is 12.4 Å². The third kappa shape index (κ3) is 9.73. The number of hydrogen-bond acceptors (Lipinski definition) is 6. The van der Waals surface area contributed by atoms with Crippen molar-refractivity contribution >= 4 is 23.5 Å². The van der Waals surface area contributed by atoms with Crippen LogP contribution in [0.15, 0.2) is 72.8 Å². The van der Waals surface area contributed by atoms with Gasteiger partial charge in [-0.2, -0.15) is 0 Å². The number of amides is 3. The second-order valence-electron chi connectivity index (χ2n) is 10.0. The molecular weight excluding hydrogens is 566 g/mol. The first kappa shape index (κ1) is 33.4. The van der Waals surface area contributed by atoms with Crippen molar-refractivity contribution < 1.29 is 19.5 Å². The van der Waals surface area contributed by atoms with Crippen molar-refractivity contribution in [3.63, 3.8) is 0 Å². The fourth-order valence-electron chi connectivity index (χ4n) is 4.94. The molecule has 1 aliphatic heterocycles. The molecule has 1 heterocycles. The molecule has 0 saturated carbocycles. The van der Waals surface area contributed by atoms with Gasteiger partial charge in [-0.1, -0.05) is 73.3 Å². The predicted octanol–water partition coefficient (Wildman–Crippen LogP) is 4.76. The summed E-state index contributed by atoms with van der Waals surface area (Å²) < 4.78 is 5.98. The number of benzene rings is 3. The summed E-state index contributed by atoms with van der Waals surface area (Å²) in [5.41, 5.74) is 14.0. The van der Waals surface area contributed by atoms with Crippen LogP contribution in [0.5, 0.6) is 5.75 Å². The van der Waals surface area contributed by atoms with Crippen LogP contribution in [0.4, 0.5) is 4.79 Å². The molecule has 0 radical (unpaired) electrons.